The first-order chi connectivity index (χ1) is 9.04. The molecule has 106 valence electrons. The SMILES string of the molecule is CCSCCC(C)NCc1ccc(C(N)=O)cc1Cl. The second-order valence-corrected chi connectivity index (χ2v) is 6.24. The normalized spacial score (nSPS) is 12.4. The standard InChI is InChI=1S/C14H21ClN2OS/c1-3-19-7-6-10(2)17-9-12-5-4-11(14(16)18)8-13(12)15/h4-5,8,10,17H,3,6-7,9H2,1-2H3,(H2,16,18). The predicted octanol–water partition coefficient (Wildman–Crippen LogP) is 3.06. The van der Waals surface area contributed by atoms with Crippen LogP contribution in [0.5, 0.6) is 0 Å². The number of halogens is 1. The Bertz CT molecular complexity index is 426. The zero-order valence-electron chi connectivity index (χ0n) is 11.4. The highest BCUT2D eigenvalue weighted by Crippen LogP contribution is 2.18. The third-order valence-electron chi connectivity index (χ3n) is 2.88. The van der Waals surface area contributed by atoms with Gasteiger partial charge in [0.25, 0.3) is 0 Å². The Morgan fingerprint density at radius 1 is 1.53 bits per heavy atom. The topological polar surface area (TPSA) is 55.1 Å². The van der Waals surface area contributed by atoms with Gasteiger partial charge in [-0.05, 0) is 42.5 Å². The summed E-state index contributed by atoms with van der Waals surface area (Å²) in [6.07, 6.45) is 1.13. The highest BCUT2D eigenvalue weighted by Gasteiger charge is 2.07. The minimum atomic E-state index is -0.452. The van der Waals surface area contributed by atoms with Crippen molar-refractivity contribution in [2.24, 2.45) is 5.73 Å². The molecule has 0 fully saturated rings. The van der Waals surface area contributed by atoms with Crippen LogP contribution in [0, 0.1) is 0 Å². The first kappa shape index (κ1) is 16.3. The van der Waals surface area contributed by atoms with Crippen molar-refractivity contribution in [3.05, 3.63) is 34.3 Å². The van der Waals surface area contributed by atoms with Crippen molar-refractivity contribution in [3.63, 3.8) is 0 Å². The van der Waals surface area contributed by atoms with Crippen LogP contribution >= 0.6 is 23.4 Å². The van der Waals surface area contributed by atoms with E-state index in [0.29, 0.717) is 23.2 Å². The molecule has 0 aromatic heterocycles. The molecule has 0 aliphatic rings. The number of thioether (sulfide) groups is 1. The number of hydrogen-bond acceptors (Lipinski definition) is 3. The maximum Gasteiger partial charge on any atom is 0.248 e. The fraction of sp³-hybridized carbons (Fsp3) is 0.500. The molecule has 0 spiro atoms. The number of nitrogens with one attached hydrogen (secondary N) is 1. The number of hydrogen-bond donors (Lipinski definition) is 2. The van der Waals surface area contributed by atoms with Gasteiger partial charge in [0, 0.05) is 23.2 Å². The van der Waals surface area contributed by atoms with Gasteiger partial charge < -0.3 is 11.1 Å². The minimum absolute atomic E-state index is 0.446. The van der Waals surface area contributed by atoms with E-state index in [0.717, 1.165) is 17.7 Å². The summed E-state index contributed by atoms with van der Waals surface area (Å²) in [7, 11) is 0. The number of primary amides is 1. The molecular weight excluding hydrogens is 280 g/mol. The monoisotopic (exact) mass is 300 g/mol. The van der Waals surface area contributed by atoms with E-state index in [9.17, 15) is 4.79 Å². The molecule has 3 N–H and O–H groups in total. The Morgan fingerprint density at radius 2 is 2.26 bits per heavy atom. The third kappa shape index (κ3) is 5.85. The van der Waals surface area contributed by atoms with Gasteiger partial charge in [0.1, 0.15) is 0 Å². The fourth-order valence-corrected chi connectivity index (χ4v) is 2.69. The molecule has 0 saturated heterocycles. The van der Waals surface area contributed by atoms with Crippen LogP contribution in [0.2, 0.25) is 5.02 Å². The van der Waals surface area contributed by atoms with Gasteiger partial charge in [0.2, 0.25) is 5.91 Å². The molecule has 0 aliphatic carbocycles. The molecule has 0 saturated carbocycles. The van der Waals surface area contributed by atoms with Crippen LogP contribution in [0.25, 0.3) is 0 Å². The number of rotatable bonds is 8. The molecule has 1 atom stereocenters. The first-order valence-corrected chi connectivity index (χ1v) is 7.97. The summed E-state index contributed by atoms with van der Waals surface area (Å²) in [4.78, 5) is 11.0. The number of benzene rings is 1. The van der Waals surface area contributed by atoms with E-state index in [-0.39, 0.29) is 0 Å². The van der Waals surface area contributed by atoms with Crippen molar-refractivity contribution in [1.82, 2.24) is 5.32 Å². The smallest absolute Gasteiger partial charge is 0.248 e. The molecule has 1 rings (SSSR count). The Balaban J connectivity index is 2.47. The number of amides is 1. The van der Waals surface area contributed by atoms with Gasteiger partial charge >= 0.3 is 0 Å². The van der Waals surface area contributed by atoms with Crippen molar-refractivity contribution in [3.8, 4) is 0 Å². The molecule has 5 heteroatoms. The summed E-state index contributed by atoms with van der Waals surface area (Å²) in [6, 6.07) is 5.63. The van der Waals surface area contributed by atoms with E-state index in [4.69, 9.17) is 17.3 Å². The number of carbonyl (C=O) groups is 1. The summed E-state index contributed by atoms with van der Waals surface area (Å²) >= 11 is 8.08. The van der Waals surface area contributed by atoms with Gasteiger partial charge in [0.05, 0.1) is 0 Å². The van der Waals surface area contributed by atoms with E-state index in [1.165, 1.54) is 5.75 Å². The molecule has 0 aliphatic heterocycles. The Hall–Kier alpha value is -0.710. The highest BCUT2D eigenvalue weighted by molar-refractivity contribution is 7.99. The average Bonchev–Trinajstić information content (AvgIpc) is 2.37. The first-order valence-electron chi connectivity index (χ1n) is 6.44. The van der Waals surface area contributed by atoms with Crippen molar-refractivity contribution in [2.75, 3.05) is 11.5 Å². The van der Waals surface area contributed by atoms with Gasteiger partial charge in [-0.25, -0.2) is 0 Å². The van der Waals surface area contributed by atoms with Crippen LogP contribution in [-0.4, -0.2) is 23.5 Å². The van der Waals surface area contributed by atoms with Crippen LogP contribution in [0.15, 0.2) is 18.2 Å². The Labute approximate surface area is 124 Å². The van der Waals surface area contributed by atoms with Gasteiger partial charge in [-0.15, -0.1) is 0 Å². The molecule has 19 heavy (non-hydrogen) atoms. The Kier molecular flexibility index (Phi) is 7.28. The van der Waals surface area contributed by atoms with Crippen LogP contribution < -0.4 is 11.1 Å². The zero-order valence-corrected chi connectivity index (χ0v) is 13.0. The summed E-state index contributed by atoms with van der Waals surface area (Å²) in [5.74, 6) is 1.87. The van der Waals surface area contributed by atoms with Crippen LogP contribution in [0.3, 0.4) is 0 Å². The summed E-state index contributed by atoms with van der Waals surface area (Å²) in [5.41, 5.74) is 6.64. The quantitative estimate of drug-likeness (QED) is 0.726. The van der Waals surface area contributed by atoms with Gasteiger partial charge in [-0.3, -0.25) is 4.79 Å². The Morgan fingerprint density at radius 3 is 2.84 bits per heavy atom. The minimum Gasteiger partial charge on any atom is -0.366 e. The van der Waals surface area contributed by atoms with E-state index >= 15 is 0 Å². The predicted molar refractivity (Wildman–Crippen MR) is 83.9 cm³/mol. The molecule has 3 nitrogen and oxygen atoms in total. The molecule has 0 heterocycles. The van der Waals surface area contributed by atoms with Gasteiger partial charge in [0.15, 0.2) is 0 Å². The lowest BCUT2D eigenvalue weighted by atomic mass is 10.1. The van der Waals surface area contributed by atoms with Crippen molar-refractivity contribution in [2.45, 2.75) is 32.9 Å². The molecular formula is C14H21ClN2OS. The molecule has 1 amide bonds. The largest absolute Gasteiger partial charge is 0.366 e. The lowest BCUT2D eigenvalue weighted by molar-refractivity contribution is 0.100. The van der Waals surface area contributed by atoms with Crippen molar-refractivity contribution in [1.29, 1.82) is 0 Å². The number of carbonyl (C=O) groups excluding carboxylic acids is 1. The molecule has 1 aromatic carbocycles. The maximum atomic E-state index is 11.0. The van der Waals surface area contributed by atoms with E-state index in [1.807, 2.05) is 17.8 Å². The second kappa shape index (κ2) is 8.46. The third-order valence-corrected chi connectivity index (χ3v) is 4.16. The number of nitrogens with two attached hydrogens (primary N) is 1. The average molecular weight is 301 g/mol. The summed E-state index contributed by atoms with van der Waals surface area (Å²) in [5, 5.41) is 4.02. The fourth-order valence-electron chi connectivity index (χ4n) is 1.63. The lowest BCUT2D eigenvalue weighted by Gasteiger charge is -2.14. The van der Waals surface area contributed by atoms with Crippen molar-refractivity contribution < 1.29 is 4.79 Å². The lowest BCUT2D eigenvalue weighted by Crippen LogP contribution is -2.26. The molecule has 0 radical (unpaired) electrons. The van der Waals surface area contributed by atoms with Crippen molar-refractivity contribution >= 4 is 29.3 Å². The summed E-state index contributed by atoms with van der Waals surface area (Å²) < 4.78 is 0. The maximum absolute atomic E-state index is 11.0. The molecule has 1 unspecified atom stereocenters. The zero-order chi connectivity index (χ0) is 14.3. The van der Waals surface area contributed by atoms with Gasteiger partial charge in [-0.2, -0.15) is 11.8 Å². The summed E-state index contributed by atoms with van der Waals surface area (Å²) in [6.45, 7) is 5.04. The molecule has 0 bridgehead atoms. The van der Waals surface area contributed by atoms with E-state index in [1.54, 1.807) is 12.1 Å². The molecule has 1 aromatic rings. The second-order valence-electron chi connectivity index (χ2n) is 4.44. The van der Waals surface area contributed by atoms with E-state index in [2.05, 4.69) is 19.2 Å². The van der Waals surface area contributed by atoms with E-state index < -0.39 is 5.91 Å². The van der Waals surface area contributed by atoms with Crippen LogP contribution in [0.1, 0.15) is 36.2 Å². The van der Waals surface area contributed by atoms with Gasteiger partial charge in [-0.1, -0.05) is 24.6 Å². The van der Waals surface area contributed by atoms with Crippen LogP contribution in [0.4, 0.5) is 0 Å². The van der Waals surface area contributed by atoms with Crippen LogP contribution in [-0.2, 0) is 6.54 Å². The highest BCUT2D eigenvalue weighted by atomic mass is 35.5.